The number of nitrogens with one attached hydrogen (secondary N) is 1. The second-order valence-corrected chi connectivity index (χ2v) is 4.36. The molecule has 2 aromatic rings. The number of aromatic nitrogens is 1. The summed E-state index contributed by atoms with van der Waals surface area (Å²) in [6, 6.07) is 5.26. The number of nitrogens with two attached hydrogens (primary N) is 1. The molecule has 0 unspecified atom stereocenters. The van der Waals surface area contributed by atoms with Crippen LogP contribution in [0.3, 0.4) is 0 Å². The monoisotopic (exact) mass is 273 g/mol. The van der Waals surface area contributed by atoms with E-state index < -0.39 is 5.97 Å². The van der Waals surface area contributed by atoms with Crippen LogP contribution in [0.4, 0.5) is 11.6 Å². The van der Waals surface area contributed by atoms with Gasteiger partial charge in [-0.2, -0.15) is 0 Å². The lowest BCUT2D eigenvalue weighted by Gasteiger charge is -2.03. The van der Waals surface area contributed by atoms with Gasteiger partial charge in [-0.15, -0.1) is 0 Å². The smallest absolute Gasteiger partial charge is 0.345 e. The van der Waals surface area contributed by atoms with Crippen LogP contribution in [0, 0.1) is 0 Å². The molecule has 7 heteroatoms. The first-order chi connectivity index (χ1) is 9.60. The van der Waals surface area contributed by atoms with E-state index in [1.807, 2.05) is 0 Å². The van der Waals surface area contributed by atoms with Crippen LogP contribution >= 0.6 is 0 Å². The highest BCUT2D eigenvalue weighted by Gasteiger charge is 2.25. The number of benzene rings is 1. The molecular weight excluding hydrogens is 262 g/mol. The molecule has 2 heterocycles. The molecule has 0 aliphatic carbocycles. The molecule has 3 N–H and O–H groups in total. The second-order valence-electron chi connectivity index (χ2n) is 4.36. The van der Waals surface area contributed by atoms with Gasteiger partial charge in [-0.3, -0.25) is 4.79 Å². The van der Waals surface area contributed by atoms with E-state index in [-0.39, 0.29) is 17.4 Å². The number of carbonyl (C=O) groups excluding carboxylic acids is 2. The van der Waals surface area contributed by atoms with E-state index in [0.717, 1.165) is 11.3 Å². The number of nitrogen functional groups attached to an aromatic ring is 1. The summed E-state index contributed by atoms with van der Waals surface area (Å²) in [5.74, 6) is -0.778. The summed E-state index contributed by atoms with van der Waals surface area (Å²) >= 11 is 0. The van der Waals surface area contributed by atoms with Crippen LogP contribution in [0.25, 0.3) is 11.3 Å². The number of ether oxygens (including phenoxy) is 1. The van der Waals surface area contributed by atoms with Crippen LogP contribution in [0.1, 0.15) is 15.9 Å². The maximum atomic E-state index is 11.7. The number of methoxy groups -OCH3 is 1. The normalized spacial score (nSPS) is 12.9. The number of amides is 1. The minimum absolute atomic E-state index is 0.0648. The molecular formula is C13H11N3O4. The lowest BCUT2D eigenvalue weighted by atomic mass is 10.0. The van der Waals surface area contributed by atoms with Crippen molar-refractivity contribution in [1.82, 2.24) is 5.16 Å². The standard InChI is InChI=1S/C13H11N3O4/c1-19-13(18)10-11(16-20-12(10)14)6-2-3-8-7(4-6)5-9(17)15-8/h2-4H,5,14H2,1H3,(H,15,17). The van der Waals surface area contributed by atoms with Gasteiger partial charge in [0.05, 0.1) is 13.5 Å². The first-order valence-corrected chi connectivity index (χ1v) is 5.86. The van der Waals surface area contributed by atoms with Gasteiger partial charge in [0.25, 0.3) is 0 Å². The molecule has 0 atom stereocenters. The van der Waals surface area contributed by atoms with Gasteiger partial charge in [-0.1, -0.05) is 11.2 Å². The summed E-state index contributed by atoms with van der Waals surface area (Å²) in [6.45, 7) is 0. The fourth-order valence-corrected chi connectivity index (χ4v) is 2.18. The minimum atomic E-state index is -0.617. The van der Waals surface area contributed by atoms with Crippen molar-refractivity contribution >= 4 is 23.4 Å². The van der Waals surface area contributed by atoms with Crippen molar-refractivity contribution in [1.29, 1.82) is 0 Å². The fraction of sp³-hybridized carbons (Fsp3) is 0.154. The summed E-state index contributed by atoms with van der Waals surface area (Å²) in [6.07, 6.45) is 0.296. The van der Waals surface area contributed by atoms with E-state index in [9.17, 15) is 9.59 Å². The Morgan fingerprint density at radius 1 is 1.50 bits per heavy atom. The van der Waals surface area contributed by atoms with Crippen LogP contribution in [0.2, 0.25) is 0 Å². The quantitative estimate of drug-likeness (QED) is 0.796. The number of nitrogens with zero attached hydrogens (tertiary/aromatic N) is 1. The third-order valence-electron chi connectivity index (χ3n) is 3.11. The van der Waals surface area contributed by atoms with Crippen molar-refractivity contribution in [3.05, 3.63) is 29.3 Å². The molecule has 102 valence electrons. The summed E-state index contributed by atoms with van der Waals surface area (Å²) in [5, 5.41) is 6.52. The Labute approximate surface area is 113 Å². The molecule has 0 spiro atoms. The van der Waals surface area contributed by atoms with Gasteiger partial charge >= 0.3 is 5.97 Å². The van der Waals surface area contributed by atoms with Gasteiger partial charge in [0, 0.05) is 11.3 Å². The molecule has 1 aliphatic heterocycles. The van der Waals surface area contributed by atoms with Gasteiger partial charge in [0.1, 0.15) is 5.69 Å². The number of rotatable bonds is 2. The first-order valence-electron chi connectivity index (χ1n) is 5.86. The number of hydrogen-bond acceptors (Lipinski definition) is 6. The number of hydrogen-bond donors (Lipinski definition) is 2. The third kappa shape index (κ3) is 1.80. The Kier molecular flexibility index (Phi) is 2.67. The Bertz CT molecular complexity index is 720. The van der Waals surface area contributed by atoms with Gasteiger partial charge < -0.3 is 20.3 Å². The SMILES string of the molecule is COC(=O)c1c(-c2ccc3c(c2)CC(=O)N3)noc1N. The predicted octanol–water partition coefficient (Wildman–Crippen LogP) is 1.20. The largest absolute Gasteiger partial charge is 0.465 e. The minimum Gasteiger partial charge on any atom is -0.465 e. The zero-order chi connectivity index (χ0) is 14.3. The second kappa shape index (κ2) is 4.37. The Hall–Kier alpha value is -2.83. The molecule has 0 bridgehead atoms. The average Bonchev–Trinajstić information content (AvgIpc) is 2.98. The van der Waals surface area contributed by atoms with Crippen LogP contribution in [0.15, 0.2) is 22.7 Å². The summed E-state index contributed by atoms with van der Waals surface area (Å²) in [5.41, 5.74) is 8.22. The zero-order valence-corrected chi connectivity index (χ0v) is 10.6. The number of esters is 1. The molecule has 0 saturated heterocycles. The number of carbonyl (C=O) groups is 2. The summed E-state index contributed by atoms with van der Waals surface area (Å²) in [7, 11) is 1.25. The predicted molar refractivity (Wildman–Crippen MR) is 70.0 cm³/mol. The van der Waals surface area contributed by atoms with Gasteiger partial charge in [0.2, 0.25) is 11.8 Å². The van der Waals surface area contributed by atoms with E-state index in [4.69, 9.17) is 10.3 Å². The Balaban J connectivity index is 2.09. The Morgan fingerprint density at radius 3 is 3.05 bits per heavy atom. The molecule has 0 fully saturated rings. The molecule has 7 nitrogen and oxygen atoms in total. The highest BCUT2D eigenvalue weighted by Crippen LogP contribution is 2.32. The maximum absolute atomic E-state index is 11.7. The van der Waals surface area contributed by atoms with Crippen molar-refractivity contribution in [3.63, 3.8) is 0 Å². The fourth-order valence-electron chi connectivity index (χ4n) is 2.18. The highest BCUT2D eigenvalue weighted by atomic mass is 16.5. The maximum Gasteiger partial charge on any atom is 0.345 e. The lowest BCUT2D eigenvalue weighted by Crippen LogP contribution is -2.05. The van der Waals surface area contributed by atoms with Gasteiger partial charge in [-0.25, -0.2) is 4.79 Å². The molecule has 0 radical (unpaired) electrons. The Morgan fingerprint density at radius 2 is 2.30 bits per heavy atom. The topological polar surface area (TPSA) is 107 Å². The highest BCUT2D eigenvalue weighted by molar-refractivity contribution is 6.02. The van der Waals surface area contributed by atoms with Crippen molar-refractivity contribution < 1.29 is 18.8 Å². The van der Waals surface area contributed by atoms with Crippen LogP contribution in [0.5, 0.6) is 0 Å². The third-order valence-corrected chi connectivity index (χ3v) is 3.11. The molecule has 1 aromatic carbocycles. The lowest BCUT2D eigenvalue weighted by molar-refractivity contribution is -0.115. The number of anilines is 2. The molecule has 20 heavy (non-hydrogen) atoms. The van der Waals surface area contributed by atoms with Crippen LogP contribution in [-0.2, 0) is 16.0 Å². The average molecular weight is 273 g/mol. The van der Waals surface area contributed by atoms with E-state index in [2.05, 4.69) is 15.2 Å². The van der Waals surface area contributed by atoms with Crippen LogP contribution < -0.4 is 11.1 Å². The van der Waals surface area contributed by atoms with Crippen molar-refractivity contribution in [3.8, 4) is 11.3 Å². The molecule has 3 rings (SSSR count). The zero-order valence-electron chi connectivity index (χ0n) is 10.6. The van der Waals surface area contributed by atoms with Crippen molar-refractivity contribution in [2.24, 2.45) is 0 Å². The van der Waals surface area contributed by atoms with Gasteiger partial charge in [0.15, 0.2) is 5.56 Å². The molecule has 1 amide bonds. The van der Waals surface area contributed by atoms with E-state index in [1.54, 1.807) is 18.2 Å². The molecule has 1 aromatic heterocycles. The number of fused-ring (bicyclic) bond motifs is 1. The molecule has 1 aliphatic rings. The van der Waals surface area contributed by atoms with Crippen molar-refractivity contribution in [2.75, 3.05) is 18.2 Å². The molecule has 0 saturated carbocycles. The van der Waals surface area contributed by atoms with E-state index >= 15 is 0 Å². The van der Waals surface area contributed by atoms with Gasteiger partial charge in [-0.05, 0) is 17.7 Å². The van der Waals surface area contributed by atoms with E-state index in [1.165, 1.54) is 7.11 Å². The van der Waals surface area contributed by atoms with Crippen molar-refractivity contribution in [2.45, 2.75) is 6.42 Å². The summed E-state index contributed by atoms with van der Waals surface area (Å²) < 4.78 is 9.52. The van der Waals surface area contributed by atoms with Crippen LogP contribution in [-0.4, -0.2) is 24.1 Å². The summed E-state index contributed by atoms with van der Waals surface area (Å²) in [4.78, 5) is 23.0. The first kappa shape index (κ1) is 12.2. The van der Waals surface area contributed by atoms with E-state index in [0.29, 0.717) is 17.7 Å².